The maximum absolute atomic E-state index is 5.63. The average Bonchev–Trinajstić information content (AvgIpc) is 2.10. The SMILES string of the molecule is CC[SiH](CC)c1ccc(N)cc1. The topological polar surface area (TPSA) is 26.0 Å². The summed E-state index contributed by atoms with van der Waals surface area (Å²) in [4.78, 5) is 0. The predicted octanol–water partition coefficient (Wildman–Crippen LogP) is 1.74. The van der Waals surface area contributed by atoms with Crippen LogP contribution in [-0.4, -0.2) is 8.80 Å². The second-order valence-corrected chi connectivity index (χ2v) is 6.87. The molecule has 0 aliphatic rings. The highest BCUT2D eigenvalue weighted by molar-refractivity contribution is 6.73. The van der Waals surface area contributed by atoms with Crippen molar-refractivity contribution in [1.82, 2.24) is 0 Å². The minimum absolute atomic E-state index is 0.627. The van der Waals surface area contributed by atoms with Crippen molar-refractivity contribution in [3.8, 4) is 0 Å². The number of hydrogen-bond donors (Lipinski definition) is 1. The van der Waals surface area contributed by atoms with Crippen molar-refractivity contribution in [3.63, 3.8) is 0 Å². The number of benzene rings is 1. The van der Waals surface area contributed by atoms with Gasteiger partial charge in [0.25, 0.3) is 0 Å². The molecule has 0 fully saturated rings. The number of nitrogens with two attached hydrogens (primary N) is 1. The lowest BCUT2D eigenvalue weighted by atomic mass is 10.3. The molecule has 0 heterocycles. The largest absolute Gasteiger partial charge is 0.399 e. The zero-order valence-corrected chi connectivity index (χ0v) is 9.03. The van der Waals surface area contributed by atoms with Gasteiger partial charge in [0, 0.05) is 5.69 Å². The summed E-state index contributed by atoms with van der Waals surface area (Å²) in [6.45, 7) is 4.58. The first kappa shape index (κ1) is 9.33. The highest BCUT2D eigenvalue weighted by atomic mass is 28.3. The molecule has 12 heavy (non-hydrogen) atoms. The van der Waals surface area contributed by atoms with Crippen molar-refractivity contribution in [2.24, 2.45) is 0 Å². The fraction of sp³-hybridized carbons (Fsp3) is 0.400. The minimum Gasteiger partial charge on any atom is -0.399 e. The van der Waals surface area contributed by atoms with Crippen molar-refractivity contribution >= 4 is 19.7 Å². The lowest BCUT2D eigenvalue weighted by Gasteiger charge is -2.10. The van der Waals surface area contributed by atoms with Crippen LogP contribution in [0.15, 0.2) is 24.3 Å². The first-order chi connectivity index (χ1) is 5.77. The summed E-state index contributed by atoms with van der Waals surface area (Å²) in [5, 5.41) is 1.55. The van der Waals surface area contributed by atoms with Gasteiger partial charge < -0.3 is 5.73 Å². The van der Waals surface area contributed by atoms with Gasteiger partial charge in [-0.3, -0.25) is 0 Å². The van der Waals surface area contributed by atoms with Gasteiger partial charge in [0.1, 0.15) is 0 Å². The molecule has 0 saturated carbocycles. The molecule has 66 valence electrons. The van der Waals surface area contributed by atoms with Gasteiger partial charge in [0.15, 0.2) is 0 Å². The average molecular weight is 179 g/mol. The lowest BCUT2D eigenvalue weighted by Crippen LogP contribution is -2.27. The summed E-state index contributed by atoms with van der Waals surface area (Å²) in [7, 11) is -0.627. The van der Waals surface area contributed by atoms with E-state index in [4.69, 9.17) is 5.73 Å². The van der Waals surface area contributed by atoms with Gasteiger partial charge in [0.05, 0.1) is 8.80 Å². The summed E-state index contributed by atoms with van der Waals surface area (Å²) in [5.41, 5.74) is 6.50. The molecule has 0 radical (unpaired) electrons. The molecule has 0 aromatic heterocycles. The minimum atomic E-state index is -0.627. The van der Waals surface area contributed by atoms with E-state index in [0.717, 1.165) is 5.69 Å². The van der Waals surface area contributed by atoms with Crippen molar-refractivity contribution in [3.05, 3.63) is 24.3 Å². The fourth-order valence-corrected chi connectivity index (χ4v) is 3.79. The molecule has 1 nitrogen and oxygen atoms in total. The van der Waals surface area contributed by atoms with E-state index in [9.17, 15) is 0 Å². The summed E-state index contributed by atoms with van der Waals surface area (Å²) in [6, 6.07) is 11.1. The van der Waals surface area contributed by atoms with E-state index >= 15 is 0 Å². The summed E-state index contributed by atoms with van der Waals surface area (Å²) >= 11 is 0. The molecule has 0 unspecified atom stereocenters. The van der Waals surface area contributed by atoms with E-state index in [0.29, 0.717) is 0 Å². The molecule has 0 atom stereocenters. The Morgan fingerprint density at radius 2 is 1.58 bits per heavy atom. The zero-order valence-electron chi connectivity index (χ0n) is 7.88. The van der Waals surface area contributed by atoms with Crippen LogP contribution in [0.1, 0.15) is 13.8 Å². The van der Waals surface area contributed by atoms with E-state index in [1.807, 2.05) is 12.1 Å². The van der Waals surface area contributed by atoms with E-state index in [1.165, 1.54) is 12.1 Å². The molecule has 1 aromatic rings. The van der Waals surface area contributed by atoms with Crippen LogP contribution in [0.4, 0.5) is 5.69 Å². The summed E-state index contributed by atoms with van der Waals surface area (Å²) in [5.74, 6) is 0. The number of rotatable bonds is 3. The van der Waals surface area contributed by atoms with Gasteiger partial charge in [-0.1, -0.05) is 43.3 Å². The maximum Gasteiger partial charge on any atom is 0.0702 e. The zero-order chi connectivity index (χ0) is 8.97. The maximum atomic E-state index is 5.63. The molecular formula is C10H17NSi. The first-order valence-corrected chi connectivity index (χ1v) is 6.84. The number of anilines is 1. The van der Waals surface area contributed by atoms with Crippen molar-refractivity contribution in [1.29, 1.82) is 0 Å². The quantitative estimate of drug-likeness (QED) is 0.555. The summed E-state index contributed by atoms with van der Waals surface area (Å²) < 4.78 is 0. The van der Waals surface area contributed by atoms with Gasteiger partial charge in [-0.05, 0) is 12.1 Å². The Labute approximate surface area is 76.2 Å². The first-order valence-electron chi connectivity index (χ1n) is 4.63. The van der Waals surface area contributed by atoms with E-state index < -0.39 is 8.80 Å². The van der Waals surface area contributed by atoms with Crippen LogP contribution < -0.4 is 10.9 Å². The molecule has 0 aliphatic carbocycles. The molecule has 0 amide bonds. The van der Waals surface area contributed by atoms with Crippen LogP contribution in [0.25, 0.3) is 0 Å². The highest BCUT2D eigenvalue weighted by Crippen LogP contribution is 2.02. The summed E-state index contributed by atoms with van der Waals surface area (Å²) in [6.07, 6.45) is 0. The molecule has 2 heteroatoms. The van der Waals surface area contributed by atoms with Crippen molar-refractivity contribution in [2.45, 2.75) is 25.9 Å². The normalized spacial score (nSPS) is 10.6. The fourth-order valence-electron chi connectivity index (χ4n) is 1.53. The van der Waals surface area contributed by atoms with Gasteiger partial charge in [-0.15, -0.1) is 0 Å². The third-order valence-corrected chi connectivity index (χ3v) is 5.69. The van der Waals surface area contributed by atoms with E-state index in [1.54, 1.807) is 5.19 Å². The van der Waals surface area contributed by atoms with E-state index in [2.05, 4.69) is 26.0 Å². The molecule has 0 bridgehead atoms. The third-order valence-electron chi connectivity index (χ3n) is 2.39. The Kier molecular flexibility index (Phi) is 3.35. The molecule has 1 rings (SSSR count). The third kappa shape index (κ3) is 2.11. The second kappa shape index (κ2) is 4.31. The van der Waals surface area contributed by atoms with Gasteiger partial charge in [-0.25, -0.2) is 0 Å². The van der Waals surface area contributed by atoms with Crippen LogP contribution in [0.2, 0.25) is 12.1 Å². The van der Waals surface area contributed by atoms with Crippen LogP contribution in [0, 0.1) is 0 Å². The Morgan fingerprint density at radius 1 is 1.08 bits per heavy atom. The second-order valence-electron chi connectivity index (χ2n) is 3.18. The highest BCUT2D eigenvalue weighted by Gasteiger charge is 2.07. The van der Waals surface area contributed by atoms with Crippen LogP contribution >= 0.6 is 0 Å². The Balaban J connectivity index is 2.80. The Hall–Kier alpha value is -0.763. The Bertz CT molecular complexity index is 226. The smallest absolute Gasteiger partial charge is 0.0702 e. The molecule has 0 spiro atoms. The molecule has 1 aromatic carbocycles. The number of hydrogen-bond acceptors (Lipinski definition) is 1. The predicted molar refractivity (Wildman–Crippen MR) is 58.6 cm³/mol. The standard InChI is InChI=1S/C10H17NSi/c1-3-12(4-2)10-7-5-9(11)6-8-10/h5-8,12H,3-4,11H2,1-2H3. The van der Waals surface area contributed by atoms with Gasteiger partial charge in [-0.2, -0.15) is 0 Å². The van der Waals surface area contributed by atoms with Crippen LogP contribution in [-0.2, 0) is 0 Å². The molecule has 2 N–H and O–H groups in total. The Morgan fingerprint density at radius 3 is 2.00 bits per heavy atom. The lowest BCUT2D eigenvalue weighted by molar-refractivity contribution is 1.33. The number of nitrogen functional groups attached to an aromatic ring is 1. The molecular weight excluding hydrogens is 162 g/mol. The van der Waals surface area contributed by atoms with E-state index in [-0.39, 0.29) is 0 Å². The molecule has 0 saturated heterocycles. The van der Waals surface area contributed by atoms with Gasteiger partial charge in [0.2, 0.25) is 0 Å². The van der Waals surface area contributed by atoms with Gasteiger partial charge >= 0.3 is 0 Å². The van der Waals surface area contributed by atoms with Crippen molar-refractivity contribution < 1.29 is 0 Å². The van der Waals surface area contributed by atoms with Crippen molar-refractivity contribution in [2.75, 3.05) is 5.73 Å². The van der Waals surface area contributed by atoms with Crippen LogP contribution in [0.3, 0.4) is 0 Å². The molecule has 0 aliphatic heterocycles. The monoisotopic (exact) mass is 179 g/mol. The van der Waals surface area contributed by atoms with Crippen LogP contribution in [0.5, 0.6) is 0 Å².